The zero-order valence-corrected chi connectivity index (χ0v) is 17.1. The maximum Gasteiger partial charge on any atom is 0.355 e. The summed E-state index contributed by atoms with van der Waals surface area (Å²) >= 11 is 0. The van der Waals surface area contributed by atoms with Crippen LogP contribution >= 0.6 is 0 Å². The van der Waals surface area contributed by atoms with Crippen LogP contribution in [-0.4, -0.2) is 29.1 Å². The summed E-state index contributed by atoms with van der Waals surface area (Å²) in [7, 11) is 0. The number of hydrogen-bond donors (Lipinski definition) is 3. The number of carboxylic acid groups (broad SMARTS) is 1. The number of nitrogen functional groups attached to an aromatic ring is 1. The lowest BCUT2D eigenvalue weighted by Crippen LogP contribution is -2.34. The molecule has 3 aromatic carbocycles. The minimum Gasteiger partial charge on any atom is -0.478 e. The van der Waals surface area contributed by atoms with Gasteiger partial charge in [0, 0.05) is 17.7 Å². The minimum atomic E-state index is -1.42. The molecule has 1 atom stereocenters. The number of nitrogens with two attached hydrogens (primary N) is 1. The van der Waals surface area contributed by atoms with Gasteiger partial charge in [-0.3, -0.25) is 4.79 Å². The van der Waals surface area contributed by atoms with E-state index in [9.17, 15) is 19.5 Å². The molecule has 0 bridgehead atoms. The number of anilines is 1. The van der Waals surface area contributed by atoms with Gasteiger partial charge in [0.2, 0.25) is 6.10 Å². The molecule has 162 valence electrons. The molecule has 0 saturated heterocycles. The molecule has 3 rings (SSSR count). The summed E-state index contributed by atoms with van der Waals surface area (Å²) < 4.78 is 5.26. The predicted octanol–water partition coefficient (Wildman–Crippen LogP) is 3.28. The normalized spacial score (nSPS) is 11.9. The highest BCUT2D eigenvalue weighted by Gasteiger charge is 2.25. The van der Waals surface area contributed by atoms with Crippen LogP contribution in [0.15, 0.2) is 90.6 Å². The van der Waals surface area contributed by atoms with E-state index < -0.39 is 23.9 Å². The Bertz CT molecular complexity index is 1110. The van der Waals surface area contributed by atoms with Gasteiger partial charge in [0.15, 0.2) is 0 Å². The maximum atomic E-state index is 12.9. The quantitative estimate of drug-likeness (QED) is 0.287. The second-order valence-electron chi connectivity index (χ2n) is 6.97. The van der Waals surface area contributed by atoms with E-state index in [2.05, 4.69) is 5.32 Å². The fourth-order valence-corrected chi connectivity index (χ4v) is 2.89. The first-order valence-electron chi connectivity index (χ1n) is 9.84. The summed E-state index contributed by atoms with van der Waals surface area (Å²) in [5, 5.41) is 12.1. The van der Waals surface area contributed by atoms with Crippen molar-refractivity contribution in [3.63, 3.8) is 0 Å². The Morgan fingerprint density at radius 3 is 2.09 bits per heavy atom. The van der Waals surface area contributed by atoms with Gasteiger partial charge in [0.05, 0.1) is 0 Å². The average Bonchev–Trinajstić information content (AvgIpc) is 2.80. The van der Waals surface area contributed by atoms with Crippen molar-refractivity contribution < 1.29 is 24.2 Å². The van der Waals surface area contributed by atoms with Crippen molar-refractivity contribution in [3.05, 3.63) is 107 Å². The molecule has 0 aliphatic heterocycles. The monoisotopic (exact) mass is 430 g/mol. The van der Waals surface area contributed by atoms with Gasteiger partial charge in [-0.05, 0) is 41.5 Å². The van der Waals surface area contributed by atoms with E-state index >= 15 is 0 Å². The van der Waals surface area contributed by atoms with Crippen molar-refractivity contribution in [2.24, 2.45) is 0 Å². The molecular formula is C25H22N2O5. The molecule has 0 heterocycles. The van der Waals surface area contributed by atoms with Crippen LogP contribution < -0.4 is 11.1 Å². The van der Waals surface area contributed by atoms with Crippen LogP contribution in [0.4, 0.5) is 5.69 Å². The summed E-state index contributed by atoms with van der Waals surface area (Å²) in [5.41, 5.74) is 7.66. The number of aliphatic carboxylic acids is 1. The standard InChI is InChI=1S/C25H22N2O5/c26-20-13-11-18(12-14-20)15-21(27-23(28)19-9-5-2-6-10-19)25(31)32-22(24(29)30)16-17-7-3-1-4-8-17/h1-15,22H,16,26H2,(H,27,28)(H,29,30)/b21-15+/t22-/m0/s1. The Labute approximate surface area is 185 Å². The Morgan fingerprint density at radius 2 is 1.50 bits per heavy atom. The predicted molar refractivity (Wildman–Crippen MR) is 120 cm³/mol. The van der Waals surface area contributed by atoms with Crippen LogP contribution in [0.5, 0.6) is 0 Å². The summed E-state index contributed by atoms with van der Waals surface area (Å²) in [5.74, 6) is -2.78. The third-order valence-electron chi connectivity index (χ3n) is 4.54. The van der Waals surface area contributed by atoms with Gasteiger partial charge in [0.25, 0.3) is 5.91 Å². The topological polar surface area (TPSA) is 119 Å². The van der Waals surface area contributed by atoms with E-state index in [1.165, 1.54) is 6.08 Å². The van der Waals surface area contributed by atoms with Crippen molar-refractivity contribution >= 4 is 29.6 Å². The van der Waals surface area contributed by atoms with Crippen molar-refractivity contribution in [2.75, 3.05) is 5.73 Å². The molecular weight excluding hydrogens is 408 g/mol. The van der Waals surface area contributed by atoms with E-state index in [4.69, 9.17) is 10.5 Å². The van der Waals surface area contributed by atoms with Gasteiger partial charge in [-0.1, -0.05) is 60.7 Å². The lowest BCUT2D eigenvalue weighted by Gasteiger charge is -2.16. The zero-order chi connectivity index (χ0) is 22.9. The van der Waals surface area contributed by atoms with Gasteiger partial charge in [0.1, 0.15) is 5.70 Å². The Balaban J connectivity index is 1.85. The Hall–Kier alpha value is -4.39. The molecule has 4 N–H and O–H groups in total. The number of esters is 1. The average molecular weight is 430 g/mol. The number of carboxylic acids is 1. The van der Waals surface area contributed by atoms with Crippen LogP contribution in [-0.2, 0) is 20.7 Å². The van der Waals surface area contributed by atoms with Crippen LogP contribution in [0, 0.1) is 0 Å². The van der Waals surface area contributed by atoms with Gasteiger partial charge < -0.3 is 20.9 Å². The zero-order valence-electron chi connectivity index (χ0n) is 17.1. The number of nitrogens with one attached hydrogen (secondary N) is 1. The van der Waals surface area contributed by atoms with Gasteiger partial charge in [-0.2, -0.15) is 0 Å². The second kappa shape index (κ2) is 10.6. The highest BCUT2D eigenvalue weighted by Crippen LogP contribution is 2.13. The van der Waals surface area contributed by atoms with Crippen molar-refractivity contribution in [1.82, 2.24) is 5.32 Å². The first-order valence-corrected chi connectivity index (χ1v) is 9.84. The maximum absolute atomic E-state index is 12.9. The van der Waals surface area contributed by atoms with Gasteiger partial charge in [-0.15, -0.1) is 0 Å². The van der Waals surface area contributed by atoms with Crippen LogP contribution in [0.3, 0.4) is 0 Å². The highest BCUT2D eigenvalue weighted by molar-refractivity contribution is 6.03. The number of benzene rings is 3. The van der Waals surface area contributed by atoms with E-state index in [1.54, 1.807) is 84.9 Å². The number of carbonyl (C=O) groups is 3. The van der Waals surface area contributed by atoms with E-state index in [1.807, 2.05) is 0 Å². The highest BCUT2D eigenvalue weighted by atomic mass is 16.6. The molecule has 0 aromatic heterocycles. The molecule has 0 spiro atoms. The molecule has 0 aliphatic rings. The molecule has 3 aromatic rings. The summed E-state index contributed by atoms with van der Waals surface area (Å²) in [4.78, 5) is 37.2. The largest absolute Gasteiger partial charge is 0.478 e. The van der Waals surface area contributed by atoms with Crippen LogP contribution in [0.1, 0.15) is 21.5 Å². The fourth-order valence-electron chi connectivity index (χ4n) is 2.89. The number of amides is 1. The first-order chi connectivity index (χ1) is 15.4. The number of ether oxygens (including phenoxy) is 1. The molecule has 32 heavy (non-hydrogen) atoms. The molecule has 0 saturated carbocycles. The van der Waals surface area contributed by atoms with Crippen molar-refractivity contribution in [1.29, 1.82) is 0 Å². The Kier molecular flexibility index (Phi) is 7.37. The molecule has 7 heteroatoms. The Morgan fingerprint density at radius 1 is 0.906 bits per heavy atom. The van der Waals surface area contributed by atoms with Crippen molar-refractivity contribution in [2.45, 2.75) is 12.5 Å². The lowest BCUT2D eigenvalue weighted by atomic mass is 10.1. The fraction of sp³-hybridized carbons (Fsp3) is 0.0800. The summed E-state index contributed by atoms with van der Waals surface area (Å²) in [6.45, 7) is 0. The van der Waals surface area contributed by atoms with E-state index in [0.29, 0.717) is 22.4 Å². The summed E-state index contributed by atoms with van der Waals surface area (Å²) in [6.07, 6.45) is -0.0263. The second-order valence-corrected chi connectivity index (χ2v) is 6.97. The lowest BCUT2D eigenvalue weighted by molar-refractivity contribution is -0.161. The molecule has 0 radical (unpaired) electrons. The van der Waals surface area contributed by atoms with Gasteiger partial charge >= 0.3 is 11.9 Å². The molecule has 7 nitrogen and oxygen atoms in total. The third-order valence-corrected chi connectivity index (χ3v) is 4.54. The molecule has 1 amide bonds. The van der Waals surface area contributed by atoms with Crippen LogP contribution in [0.2, 0.25) is 0 Å². The van der Waals surface area contributed by atoms with Crippen molar-refractivity contribution in [3.8, 4) is 0 Å². The minimum absolute atomic E-state index is 0.0102. The molecule has 0 aliphatic carbocycles. The first kappa shape index (κ1) is 22.3. The molecule has 0 unspecified atom stereocenters. The number of rotatable bonds is 8. The van der Waals surface area contributed by atoms with Gasteiger partial charge in [-0.25, -0.2) is 9.59 Å². The number of carbonyl (C=O) groups excluding carboxylic acids is 2. The van der Waals surface area contributed by atoms with E-state index in [-0.39, 0.29) is 12.1 Å². The summed E-state index contributed by atoms with van der Waals surface area (Å²) in [6, 6.07) is 23.8. The van der Waals surface area contributed by atoms with Crippen LogP contribution in [0.25, 0.3) is 6.08 Å². The van der Waals surface area contributed by atoms with E-state index in [0.717, 1.165) is 0 Å². The SMILES string of the molecule is Nc1ccc(/C=C(/NC(=O)c2ccccc2)C(=O)O[C@@H](Cc2ccccc2)C(=O)O)cc1. The smallest absolute Gasteiger partial charge is 0.355 e. The molecule has 0 fully saturated rings. The number of hydrogen-bond acceptors (Lipinski definition) is 5. The third kappa shape index (κ3) is 6.30.